The number of methoxy groups -OCH3 is 2. The lowest BCUT2D eigenvalue weighted by Gasteiger charge is -2.51. The number of ether oxygens (including phenoxy) is 5. The minimum atomic E-state index is -0.703. The number of esters is 2. The minimum absolute atomic E-state index is 0.174. The van der Waals surface area contributed by atoms with E-state index in [-0.39, 0.29) is 23.4 Å². The molecule has 3 fully saturated rings. The molecule has 0 aromatic carbocycles. The van der Waals surface area contributed by atoms with Gasteiger partial charge in [-0.15, -0.1) is 0 Å². The Morgan fingerprint density at radius 2 is 2.14 bits per heavy atom. The van der Waals surface area contributed by atoms with E-state index in [1.807, 2.05) is 6.08 Å². The summed E-state index contributed by atoms with van der Waals surface area (Å²) >= 11 is 0. The Morgan fingerprint density at radius 3 is 2.89 bits per heavy atom. The molecule has 28 heavy (non-hydrogen) atoms. The number of hydrogen-bond donors (Lipinski definition) is 0. The summed E-state index contributed by atoms with van der Waals surface area (Å²) in [4.78, 5) is 24.3. The van der Waals surface area contributed by atoms with Crippen LogP contribution in [0, 0.1) is 23.2 Å². The predicted molar refractivity (Wildman–Crippen MR) is 95.7 cm³/mol. The highest BCUT2D eigenvalue weighted by Gasteiger charge is 2.74. The molecule has 0 aromatic heterocycles. The van der Waals surface area contributed by atoms with Crippen molar-refractivity contribution in [3.8, 4) is 0 Å². The molecule has 1 spiro atoms. The van der Waals surface area contributed by atoms with Crippen LogP contribution in [-0.2, 0) is 33.3 Å². The molecule has 3 heterocycles. The van der Waals surface area contributed by atoms with E-state index in [1.165, 1.54) is 20.3 Å². The first-order valence-electron chi connectivity index (χ1n) is 9.99. The third-order valence-corrected chi connectivity index (χ3v) is 7.76. The molecule has 7 heteroatoms. The van der Waals surface area contributed by atoms with E-state index in [0.29, 0.717) is 5.92 Å². The van der Waals surface area contributed by atoms with Crippen molar-refractivity contribution in [1.29, 1.82) is 0 Å². The van der Waals surface area contributed by atoms with E-state index in [1.54, 1.807) is 0 Å². The summed E-state index contributed by atoms with van der Waals surface area (Å²) in [5.74, 6) is -0.506. The van der Waals surface area contributed by atoms with Gasteiger partial charge < -0.3 is 23.7 Å². The first kappa shape index (κ1) is 18.3. The van der Waals surface area contributed by atoms with E-state index in [9.17, 15) is 9.59 Å². The monoisotopic (exact) mass is 390 g/mol. The van der Waals surface area contributed by atoms with Crippen molar-refractivity contribution in [2.45, 2.75) is 56.9 Å². The van der Waals surface area contributed by atoms with Crippen molar-refractivity contribution in [3.63, 3.8) is 0 Å². The summed E-state index contributed by atoms with van der Waals surface area (Å²) in [5, 5.41) is 0. The quantitative estimate of drug-likeness (QED) is 0.539. The fourth-order valence-corrected chi connectivity index (χ4v) is 6.46. The second-order valence-corrected chi connectivity index (χ2v) is 8.65. The third-order valence-electron chi connectivity index (χ3n) is 7.76. The summed E-state index contributed by atoms with van der Waals surface area (Å²) in [5.41, 5.74) is -0.0507. The highest BCUT2D eigenvalue weighted by molar-refractivity contribution is 5.86. The van der Waals surface area contributed by atoms with Gasteiger partial charge in [0, 0.05) is 30.1 Å². The molecule has 7 nitrogen and oxygen atoms in total. The fraction of sp³-hybridized carbons (Fsp3) is 0.714. The standard InChI is InChI=1S/C21H26O7/c1-11-7-8-21-13(17(23)24-2)5-4-6-15(21)20(11)10-14(26-19(20)28-21)12-9-16(22)27-18(12)25-3/h4-5,9,11,13-15,18-19H,6-8,10H2,1-3H3/t11-,13-,14+,15-,18-,19-,20-,21-/m1/s1. The molecule has 0 unspecified atom stereocenters. The van der Waals surface area contributed by atoms with Gasteiger partial charge in [0.1, 0.15) is 5.92 Å². The first-order valence-corrected chi connectivity index (χ1v) is 9.99. The van der Waals surface area contributed by atoms with Crippen LogP contribution in [-0.4, -0.2) is 50.4 Å². The lowest BCUT2D eigenvalue weighted by Crippen LogP contribution is -2.55. The van der Waals surface area contributed by atoms with Crippen molar-refractivity contribution in [2.75, 3.05) is 14.2 Å². The Hall–Kier alpha value is -1.70. The summed E-state index contributed by atoms with van der Waals surface area (Å²) in [7, 11) is 2.94. The first-order chi connectivity index (χ1) is 13.5. The normalized spacial score (nSPS) is 48.7. The average Bonchev–Trinajstić information content (AvgIpc) is 3.30. The zero-order valence-corrected chi connectivity index (χ0v) is 16.4. The summed E-state index contributed by atoms with van der Waals surface area (Å²) in [6.07, 6.45) is 7.47. The van der Waals surface area contributed by atoms with Gasteiger partial charge >= 0.3 is 11.9 Å². The molecule has 0 radical (unpaired) electrons. The number of carbonyl (C=O) groups excluding carboxylic acids is 2. The van der Waals surface area contributed by atoms with Gasteiger partial charge in [-0.05, 0) is 31.6 Å². The lowest BCUT2D eigenvalue weighted by molar-refractivity contribution is -0.198. The summed E-state index contributed by atoms with van der Waals surface area (Å²) in [6, 6.07) is 0. The maximum atomic E-state index is 12.5. The van der Waals surface area contributed by atoms with E-state index in [0.717, 1.165) is 31.3 Å². The molecule has 5 aliphatic rings. The summed E-state index contributed by atoms with van der Waals surface area (Å²) in [6.45, 7) is 2.25. The van der Waals surface area contributed by atoms with E-state index in [2.05, 4.69) is 13.0 Å². The van der Waals surface area contributed by atoms with Crippen molar-refractivity contribution in [2.24, 2.45) is 23.2 Å². The Balaban J connectivity index is 1.51. The Labute approximate surface area is 164 Å². The molecule has 0 N–H and O–H groups in total. The molecule has 0 amide bonds. The summed E-state index contributed by atoms with van der Waals surface area (Å²) < 4.78 is 28.6. The molecular formula is C21H26O7. The Morgan fingerprint density at radius 1 is 1.32 bits per heavy atom. The van der Waals surface area contributed by atoms with Gasteiger partial charge in [-0.25, -0.2) is 4.79 Å². The van der Waals surface area contributed by atoms with Crippen LogP contribution in [0.4, 0.5) is 0 Å². The van der Waals surface area contributed by atoms with Crippen molar-refractivity contribution >= 4 is 11.9 Å². The molecule has 2 bridgehead atoms. The average molecular weight is 390 g/mol. The van der Waals surface area contributed by atoms with Gasteiger partial charge in [-0.2, -0.15) is 0 Å². The zero-order valence-electron chi connectivity index (χ0n) is 16.4. The topological polar surface area (TPSA) is 80.3 Å². The van der Waals surface area contributed by atoms with E-state index >= 15 is 0 Å². The van der Waals surface area contributed by atoms with Crippen LogP contribution in [0.1, 0.15) is 32.6 Å². The number of carbonyl (C=O) groups is 2. The van der Waals surface area contributed by atoms with Crippen molar-refractivity contribution in [3.05, 3.63) is 23.8 Å². The molecule has 8 atom stereocenters. The molecule has 152 valence electrons. The van der Waals surface area contributed by atoms with Crippen LogP contribution in [0.15, 0.2) is 23.8 Å². The maximum absolute atomic E-state index is 12.5. The highest BCUT2D eigenvalue weighted by atomic mass is 16.7. The van der Waals surface area contributed by atoms with E-state index in [4.69, 9.17) is 23.7 Å². The zero-order chi connectivity index (χ0) is 19.7. The van der Waals surface area contributed by atoms with E-state index < -0.39 is 30.1 Å². The largest absolute Gasteiger partial charge is 0.468 e. The maximum Gasteiger partial charge on any atom is 0.333 e. The predicted octanol–water partition coefficient (Wildman–Crippen LogP) is 2.11. The van der Waals surface area contributed by atoms with Crippen molar-refractivity contribution < 1.29 is 33.3 Å². The molecule has 2 saturated heterocycles. The Kier molecular flexibility index (Phi) is 4.03. The molecule has 3 aliphatic heterocycles. The van der Waals surface area contributed by atoms with Crippen molar-refractivity contribution in [1.82, 2.24) is 0 Å². The number of cyclic esters (lactones) is 1. The van der Waals surface area contributed by atoms with Crippen LogP contribution in [0.25, 0.3) is 0 Å². The number of allylic oxidation sites excluding steroid dienone is 1. The smallest absolute Gasteiger partial charge is 0.333 e. The second kappa shape index (κ2) is 6.15. The highest BCUT2D eigenvalue weighted by Crippen LogP contribution is 2.70. The second-order valence-electron chi connectivity index (χ2n) is 8.65. The van der Waals surface area contributed by atoms with Gasteiger partial charge in [-0.3, -0.25) is 4.79 Å². The molecule has 1 saturated carbocycles. The minimum Gasteiger partial charge on any atom is -0.468 e. The Bertz CT molecular complexity index is 773. The van der Waals surface area contributed by atoms with Gasteiger partial charge in [0.25, 0.3) is 0 Å². The number of hydrogen-bond acceptors (Lipinski definition) is 7. The number of rotatable bonds is 3. The van der Waals surface area contributed by atoms with Gasteiger partial charge in [0.05, 0.1) is 18.8 Å². The molecule has 2 aliphatic carbocycles. The third kappa shape index (κ3) is 2.15. The SMILES string of the molecule is COC(=O)[C@H]1C=CC[C@H]2[C@@]13CC[C@@H](C)[C@]21C[C@@H](C2=CC(=O)O[C@H]2OC)O[C@@H]1O3. The lowest BCUT2D eigenvalue weighted by atomic mass is 9.51. The van der Waals surface area contributed by atoms with Gasteiger partial charge in [-0.1, -0.05) is 19.1 Å². The van der Waals surface area contributed by atoms with Crippen LogP contribution in [0.2, 0.25) is 0 Å². The van der Waals surface area contributed by atoms with Crippen LogP contribution < -0.4 is 0 Å². The van der Waals surface area contributed by atoms with Crippen LogP contribution in [0.3, 0.4) is 0 Å². The molecule has 0 aromatic rings. The fourth-order valence-electron chi connectivity index (χ4n) is 6.46. The molecule has 5 rings (SSSR count). The molecular weight excluding hydrogens is 364 g/mol. The van der Waals surface area contributed by atoms with Gasteiger partial charge in [0.2, 0.25) is 6.29 Å². The van der Waals surface area contributed by atoms with Gasteiger partial charge in [0.15, 0.2) is 6.29 Å². The van der Waals surface area contributed by atoms with Crippen LogP contribution in [0.5, 0.6) is 0 Å². The van der Waals surface area contributed by atoms with Crippen LogP contribution >= 0.6 is 0 Å².